The molecule has 2 aromatic heterocycles. The molecule has 0 amide bonds. The van der Waals surface area contributed by atoms with Crippen molar-refractivity contribution >= 4 is 10.9 Å². The number of benzene rings is 1. The van der Waals surface area contributed by atoms with E-state index in [4.69, 9.17) is 0 Å². The van der Waals surface area contributed by atoms with E-state index in [1.165, 1.54) is 33.3 Å². The van der Waals surface area contributed by atoms with Gasteiger partial charge in [-0.25, -0.2) is 0 Å². The molecule has 0 fully saturated rings. The summed E-state index contributed by atoms with van der Waals surface area (Å²) < 4.78 is 2.58. The average Bonchev–Trinajstić information content (AvgIpc) is 2.87. The highest BCUT2D eigenvalue weighted by Gasteiger charge is 2.27. The first-order valence-electron chi connectivity index (χ1n) is 9.25. The SMILES string of the molecule is Cc1cc(C)c2c3c(n(CCc4cccnc4)c2c1)CC(C)N(C)C3. The number of nitrogens with zero attached hydrogens (tertiary/aromatic N) is 3. The third-order valence-electron chi connectivity index (χ3n) is 5.72. The molecule has 0 N–H and O–H groups in total. The molecule has 1 aliphatic heterocycles. The van der Waals surface area contributed by atoms with Gasteiger partial charge in [0.25, 0.3) is 0 Å². The van der Waals surface area contributed by atoms with E-state index in [-0.39, 0.29) is 0 Å². The second kappa shape index (κ2) is 6.30. The number of aromatic nitrogens is 2. The van der Waals surface area contributed by atoms with Gasteiger partial charge < -0.3 is 4.57 Å². The summed E-state index contributed by atoms with van der Waals surface area (Å²) in [5.74, 6) is 0. The highest BCUT2D eigenvalue weighted by molar-refractivity contribution is 5.89. The van der Waals surface area contributed by atoms with Crippen LogP contribution in [-0.2, 0) is 25.9 Å². The van der Waals surface area contributed by atoms with Crippen molar-refractivity contribution in [2.75, 3.05) is 7.05 Å². The predicted octanol–water partition coefficient (Wildman–Crippen LogP) is 4.27. The molecule has 0 spiro atoms. The van der Waals surface area contributed by atoms with Gasteiger partial charge in [-0.3, -0.25) is 9.88 Å². The van der Waals surface area contributed by atoms with Crippen LogP contribution in [0.2, 0.25) is 0 Å². The van der Waals surface area contributed by atoms with Crippen LogP contribution in [0.1, 0.15) is 34.9 Å². The van der Waals surface area contributed by atoms with Gasteiger partial charge in [0.15, 0.2) is 0 Å². The Kier molecular flexibility index (Phi) is 4.12. The van der Waals surface area contributed by atoms with Crippen LogP contribution in [0.15, 0.2) is 36.7 Å². The molecule has 25 heavy (non-hydrogen) atoms. The Labute approximate surface area is 150 Å². The molecule has 0 bridgehead atoms. The molecule has 0 saturated carbocycles. The Morgan fingerprint density at radius 2 is 2.08 bits per heavy atom. The molecule has 3 nitrogen and oxygen atoms in total. The molecule has 3 aromatic rings. The highest BCUT2D eigenvalue weighted by Crippen LogP contribution is 2.35. The number of hydrogen-bond acceptors (Lipinski definition) is 2. The summed E-state index contributed by atoms with van der Waals surface area (Å²) >= 11 is 0. The number of hydrogen-bond donors (Lipinski definition) is 0. The predicted molar refractivity (Wildman–Crippen MR) is 104 cm³/mol. The Balaban J connectivity index is 1.83. The second-order valence-corrected chi connectivity index (χ2v) is 7.63. The Hall–Kier alpha value is -2.13. The van der Waals surface area contributed by atoms with Crippen LogP contribution in [0.4, 0.5) is 0 Å². The van der Waals surface area contributed by atoms with E-state index < -0.39 is 0 Å². The highest BCUT2D eigenvalue weighted by atomic mass is 15.1. The van der Waals surface area contributed by atoms with Gasteiger partial charge in [-0.05, 0) is 68.6 Å². The fourth-order valence-corrected chi connectivity index (χ4v) is 4.29. The van der Waals surface area contributed by atoms with Gasteiger partial charge >= 0.3 is 0 Å². The summed E-state index contributed by atoms with van der Waals surface area (Å²) in [4.78, 5) is 6.75. The summed E-state index contributed by atoms with van der Waals surface area (Å²) in [5.41, 5.74) is 8.56. The van der Waals surface area contributed by atoms with Crippen LogP contribution in [-0.4, -0.2) is 27.5 Å². The number of pyridine rings is 1. The minimum Gasteiger partial charge on any atom is -0.344 e. The average molecular weight is 333 g/mol. The molecule has 4 rings (SSSR count). The van der Waals surface area contributed by atoms with Crippen molar-refractivity contribution < 1.29 is 0 Å². The van der Waals surface area contributed by atoms with Gasteiger partial charge in [0.1, 0.15) is 0 Å². The largest absolute Gasteiger partial charge is 0.344 e. The maximum atomic E-state index is 4.27. The van der Waals surface area contributed by atoms with Gasteiger partial charge in [0.2, 0.25) is 0 Å². The van der Waals surface area contributed by atoms with Crippen molar-refractivity contribution in [1.29, 1.82) is 0 Å². The lowest BCUT2D eigenvalue weighted by Gasteiger charge is -2.31. The van der Waals surface area contributed by atoms with E-state index in [1.54, 1.807) is 5.56 Å². The van der Waals surface area contributed by atoms with Crippen LogP contribution < -0.4 is 0 Å². The van der Waals surface area contributed by atoms with Crippen LogP contribution in [0.5, 0.6) is 0 Å². The van der Waals surface area contributed by atoms with Crippen molar-refractivity contribution in [1.82, 2.24) is 14.5 Å². The molecule has 1 atom stereocenters. The molecule has 1 aromatic carbocycles. The summed E-state index contributed by atoms with van der Waals surface area (Å²) in [6.45, 7) is 8.88. The van der Waals surface area contributed by atoms with Crippen LogP contribution in [0, 0.1) is 13.8 Å². The van der Waals surface area contributed by atoms with Gasteiger partial charge in [-0.15, -0.1) is 0 Å². The number of fused-ring (bicyclic) bond motifs is 3. The maximum absolute atomic E-state index is 4.27. The molecular formula is C22H27N3. The standard InChI is InChI=1S/C22H27N3/c1-15-10-16(2)22-19-14-24(4)17(3)12-20(19)25(21(22)11-15)9-7-18-6-5-8-23-13-18/h5-6,8,10-11,13,17H,7,9,12,14H2,1-4H3. The molecule has 3 heterocycles. The molecular weight excluding hydrogens is 306 g/mol. The molecule has 130 valence electrons. The van der Waals surface area contributed by atoms with E-state index in [9.17, 15) is 0 Å². The van der Waals surface area contributed by atoms with E-state index in [0.717, 1.165) is 25.9 Å². The zero-order valence-electron chi connectivity index (χ0n) is 15.7. The minimum atomic E-state index is 0.593. The summed E-state index contributed by atoms with van der Waals surface area (Å²) in [6, 6.07) is 9.50. The lowest BCUT2D eigenvalue weighted by molar-refractivity contribution is 0.228. The second-order valence-electron chi connectivity index (χ2n) is 7.63. The van der Waals surface area contributed by atoms with E-state index >= 15 is 0 Å². The number of aryl methyl sites for hydroxylation is 4. The lowest BCUT2D eigenvalue weighted by Crippen LogP contribution is -2.35. The normalized spacial score (nSPS) is 17.8. The quantitative estimate of drug-likeness (QED) is 0.713. The topological polar surface area (TPSA) is 21.1 Å². The lowest BCUT2D eigenvalue weighted by atomic mass is 9.97. The van der Waals surface area contributed by atoms with Crippen LogP contribution >= 0.6 is 0 Å². The molecule has 1 unspecified atom stereocenters. The third-order valence-corrected chi connectivity index (χ3v) is 5.72. The Bertz CT molecular complexity index is 908. The monoisotopic (exact) mass is 333 g/mol. The first-order chi connectivity index (χ1) is 12.0. The Morgan fingerprint density at radius 3 is 2.84 bits per heavy atom. The smallest absolute Gasteiger partial charge is 0.0491 e. The third kappa shape index (κ3) is 2.87. The number of rotatable bonds is 3. The van der Waals surface area contributed by atoms with E-state index in [2.05, 4.69) is 60.5 Å². The van der Waals surface area contributed by atoms with Gasteiger partial charge in [-0.1, -0.05) is 12.1 Å². The van der Waals surface area contributed by atoms with E-state index in [1.807, 2.05) is 18.5 Å². The summed E-state index contributed by atoms with van der Waals surface area (Å²) in [6.07, 6.45) is 6.00. The van der Waals surface area contributed by atoms with Gasteiger partial charge in [0.05, 0.1) is 0 Å². The maximum Gasteiger partial charge on any atom is 0.0491 e. The van der Waals surface area contributed by atoms with Crippen molar-refractivity contribution in [3.05, 3.63) is 64.6 Å². The van der Waals surface area contributed by atoms with Crippen molar-refractivity contribution in [3.8, 4) is 0 Å². The molecule has 0 saturated heterocycles. The molecule has 0 radical (unpaired) electrons. The fraction of sp³-hybridized carbons (Fsp3) is 0.409. The number of likely N-dealkylation sites (N-methyl/N-ethyl adjacent to an activating group) is 1. The Morgan fingerprint density at radius 1 is 1.24 bits per heavy atom. The fourth-order valence-electron chi connectivity index (χ4n) is 4.29. The van der Waals surface area contributed by atoms with Crippen molar-refractivity contribution in [2.45, 2.75) is 52.7 Å². The van der Waals surface area contributed by atoms with Gasteiger partial charge in [-0.2, -0.15) is 0 Å². The van der Waals surface area contributed by atoms with E-state index in [0.29, 0.717) is 6.04 Å². The van der Waals surface area contributed by atoms with Crippen molar-refractivity contribution in [3.63, 3.8) is 0 Å². The zero-order chi connectivity index (χ0) is 17.6. The first kappa shape index (κ1) is 16.3. The summed E-state index contributed by atoms with van der Waals surface area (Å²) in [5, 5.41) is 1.48. The molecule has 1 aliphatic rings. The minimum absolute atomic E-state index is 0.593. The van der Waals surface area contributed by atoms with Crippen LogP contribution in [0.3, 0.4) is 0 Å². The van der Waals surface area contributed by atoms with Gasteiger partial charge in [0, 0.05) is 54.5 Å². The van der Waals surface area contributed by atoms with Crippen molar-refractivity contribution in [2.24, 2.45) is 0 Å². The first-order valence-corrected chi connectivity index (χ1v) is 9.25. The molecule has 0 aliphatic carbocycles. The molecule has 3 heteroatoms. The van der Waals surface area contributed by atoms with Crippen LogP contribution in [0.25, 0.3) is 10.9 Å². The summed E-state index contributed by atoms with van der Waals surface area (Å²) in [7, 11) is 2.25. The zero-order valence-corrected chi connectivity index (χ0v) is 15.7.